The molecule has 0 aromatic heterocycles. The summed E-state index contributed by atoms with van der Waals surface area (Å²) in [4.78, 5) is 0. The molecule has 0 saturated heterocycles. The second-order valence-electron chi connectivity index (χ2n) is 17.6. The van der Waals surface area contributed by atoms with Crippen LogP contribution in [-0.2, 0) is 0 Å². The van der Waals surface area contributed by atoms with Crippen molar-refractivity contribution >= 4 is 64.6 Å². The van der Waals surface area contributed by atoms with Gasteiger partial charge in [-0.2, -0.15) is 0 Å². The molecule has 0 bridgehead atoms. The van der Waals surface area contributed by atoms with Crippen molar-refractivity contribution in [2.45, 2.75) is 0 Å². The number of hydrogen-bond acceptors (Lipinski definition) is 0. The van der Waals surface area contributed by atoms with E-state index in [1.807, 2.05) is 0 Å². The first-order valence-electron chi connectivity index (χ1n) is 22.9. The van der Waals surface area contributed by atoms with Gasteiger partial charge in [0.2, 0.25) is 0 Å². The van der Waals surface area contributed by atoms with Gasteiger partial charge in [0.1, 0.15) is 0 Å². The Morgan fingerprint density at radius 2 is 0.485 bits per heavy atom. The molecule has 0 unspecified atom stereocenters. The highest BCUT2D eigenvalue weighted by atomic mass is 14.3. The molecular weight excluding hydrogens is 793 g/mol. The van der Waals surface area contributed by atoms with Gasteiger partial charge in [0.05, 0.1) is 0 Å². The molecular formula is C66H42. The van der Waals surface area contributed by atoms with Crippen LogP contribution in [0.5, 0.6) is 0 Å². The van der Waals surface area contributed by atoms with E-state index in [0.717, 1.165) is 0 Å². The number of hydrogen-bond donors (Lipinski definition) is 0. The average molecular weight is 835 g/mol. The molecule has 0 spiro atoms. The summed E-state index contributed by atoms with van der Waals surface area (Å²) in [5, 5.41) is 15.1. The van der Waals surface area contributed by atoms with Crippen LogP contribution in [0.15, 0.2) is 255 Å². The van der Waals surface area contributed by atoms with Gasteiger partial charge in [0, 0.05) is 0 Å². The van der Waals surface area contributed by atoms with E-state index < -0.39 is 0 Å². The summed E-state index contributed by atoms with van der Waals surface area (Å²) in [6, 6.07) is 94.5. The van der Waals surface area contributed by atoms with Crippen LogP contribution in [0, 0.1) is 0 Å². The highest BCUT2D eigenvalue weighted by Gasteiger charge is 2.22. The van der Waals surface area contributed by atoms with E-state index in [-0.39, 0.29) is 0 Å². The Morgan fingerprint density at radius 3 is 0.924 bits per heavy atom. The minimum atomic E-state index is 1.19. The second-order valence-corrected chi connectivity index (χ2v) is 17.6. The summed E-state index contributed by atoms with van der Waals surface area (Å²) < 4.78 is 0. The molecule has 0 heteroatoms. The Balaban J connectivity index is 1.24. The van der Waals surface area contributed by atoms with Crippen molar-refractivity contribution in [3.63, 3.8) is 0 Å². The van der Waals surface area contributed by atoms with Gasteiger partial charge < -0.3 is 0 Å². The van der Waals surface area contributed by atoms with Gasteiger partial charge in [-0.15, -0.1) is 0 Å². The maximum absolute atomic E-state index is 2.55. The summed E-state index contributed by atoms with van der Waals surface area (Å²) in [5.74, 6) is 0. The fourth-order valence-electron chi connectivity index (χ4n) is 10.7. The van der Waals surface area contributed by atoms with Gasteiger partial charge in [-0.3, -0.25) is 0 Å². The van der Waals surface area contributed by atoms with Crippen LogP contribution in [0.4, 0.5) is 0 Å². The minimum absolute atomic E-state index is 1.19. The molecule has 0 N–H and O–H groups in total. The van der Waals surface area contributed by atoms with Crippen LogP contribution in [-0.4, -0.2) is 0 Å². The first-order valence-corrected chi connectivity index (χ1v) is 22.9. The summed E-state index contributed by atoms with van der Waals surface area (Å²) in [7, 11) is 0. The number of fused-ring (bicyclic) bond motifs is 10. The molecule has 13 aromatic carbocycles. The molecule has 0 amide bonds. The SMILES string of the molecule is c1ccc(-c2cc(-c3ccccc3)cc(-c3c4ccccc4c(-c4cc(-c5ccccc5)cc(-c5ccccc5)c4)c4cc5c(cc34)c3ccccc3c3ccc4ccccc4c35)c2)cc1. The predicted octanol–water partition coefficient (Wildman–Crippen LogP) is 18.6. The summed E-state index contributed by atoms with van der Waals surface area (Å²) in [6.45, 7) is 0. The summed E-state index contributed by atoms with van der Waals surface area (Å²) >= 11 is 0. The van der Waals surface area contributed by atoms with Gasteiger partial charge in [0.15, 0.2) is 0 Å². The smallest absolute Gasteiger partial charge is 0.00201 e. The van der Waals surface area contributed by atoms with E-state index in [0.29, 0.717) is 0 Å². The minimum Gasteiger partial charge on any atom is -0.0622 e. The van der Waals surface area contributed by atoms with Crippen LogP contribution in [0.3, 0.4) is 0 Å². The molecule has 66 heavy (non-hydrogen) atoms. The van der Waals surface area contributed by atoms with Crippen LogP contribution < -0.4 is 0 Å². The second kappa shape index (κ2) is 15.6. The first-order chi connectivity index (χ1) is 32.7. The van der Waals surface area contributed by atoms with Crippen LogP contribution in [0.1, 0.15) is 0 Å². The van der Waals surface area contributed by atoms with Crippen molar-refractivity contribution in [1.82, 2.24) is 0 Å². The molecule has 0 fully saturated rings. The van der Waals surface area contributed by atoms with Crippen molar-refractivity contribution in [1.29, 1.82) is 0 Å². The summed E-state index contributed by atoms with van der Waals surface area (Å²) in [5.41, 5.74) is 14.4. The largest absolute Gasteiger partial charge is 0.0622 e. The topological polar surface area (TPSA) is 0 Å². The Hall–Kier alpha value is -8.58. The fourth-order valence-corrected chi connectivity index (χ4v) is 10.7. The lowest BCUT2D eigenvalue weighted by Crippen LogP contribution is -1.94. The molecule has 0 heterocycles. The maximum Gasteiger partial charge on any atom is -0.00201 e. The van der Waals surface area contributed by atoms with E-state index in [9.17, 15) is 0 Å². The Labute approximate surface area is 384 Å². The highest BCUT2D eigenvalue weighted by Crippen LogP contribution is 2.50. The lowest BCUT2D eigenvalue weighted by atomic mass is 9.81. The molecule has 0 aliphatic rings. The normalized spacial score (nSPS) is 11.6. The maximum atomic E-state index is 2.55. The summed E-state index contributed by atoms with van der Waals surface area (Å²) in [6.07, 6.45) is 0. The van der Waals surface area contributed by atoms with E-state index in [4.69, 9.17) is 0 Å². The molecule has 0 radical (unpaired) electrons. The monoisotopic (exact) mass is 834 g/mol. The standard InChI is InChI=1S/C66H42/c1-5-19-43(20-6-1)48-35-49(44-21-7-2-8-22-44)38-52(37-48)64-57-31-17-18-32-58(57)65(53-39-50(45-23-9-3-10-24-45)36-51(40-53)46-25-11-4-12-26-46)63-42-61-60(41-62(63)64)56-30-16-15-29-55(56)59-34-33-47-27-13-14-28-54(47)66(59)61/h1-42H. The molecule has 0 nitrogen and oxygen atoms in total. The molecule has 0 aliphatic heterocycles. The third kappa shape index (κ3) is 6.30. The number of benzene rings is 13. The zero-order valence-electron chi connectivity index (χ0n) is 36.2. The van der Waals surface area contributed by atoms with Crippen LogP contribution in [0.2, 0.25) is 0 Å². The zero-order chi connectivity index (χ0) is 43.6. The van der Waals surface area contributed by atoms with Crippen molar-refractivity contribution in [2.75, 3.05) is 0 Å². The zero-order valence-corrected chi connectivity index (χ0v) is 36.2. The molecule has 306 valence electrons. The lowest BCUT2D eigenvalue weighted by molar-refractivity contribution is 1.58. The third-order valence-corrected chi connectivity index (χ3v) is 13.7. The molecule has 0 atom stereocenters. The third-order valence-electron chi connectivity index (χ3n) is 13.7. The highest BCUT2D eigenvalue weighted by molar-refractivity contribution is 6.35. The van der Waals surface area contributed by atoms with Gasteiger partial charge >= 0.3 is 0 Å². The Morgan fingerprint density at radius 1 is 0.152 bits per heavy atom. The van der Waals surface area contributed by atoms with Crippen LogP contribution in [0.25, 0.3) is 131 Å². The molecule has 13 aromatic rings. The van der Waals surface area contributed by atoms with E-state index in [2.05, 4.69) is 255 Å². The van der Waals surface area contributed by atoms with Crippen molar-refractivity contribution in [3.8, 4) is 66.8 Å². The average Bonchev–Trinajstić information content (AvgIpc) is 3.40. The van der Waals surface area contributed by atoms with Gasteiger partial charge in [-0.1, -0.05) is 206 Å². The Bertz CT molecular complexity index is 3880. The lowest BCUT2D eigenvalue weighted by Gasteiger charge is -2.22. The van der Waals surface area contributed by atoms with Crippen molar-refractivity contribution < 1.29 is 0 Å². The fraction of sp³-hybridized carbons (Fsp3) is 0. The molecule has 0 aliphatic carbocycles. The van der Waals surface area contributed by atoms with Gasteiger partial charge in [-0.25, -0.2) is 0 Å². The van der Waals surface area contributed by atoms with E-state index in [1.54, 1.807) is 0 Å². The quantitative estimate of drug-likeness (QED) is 0.116. The van der Waals surface area contributed by atoms with Crippen molar-refractivity contribution in [2.24, 2.45) is 0 Å². The molecule has 13 rings (SSSR count). The first kappa shape index (κ1) is 37.9. The Kier molecular flexibility index (Phi) is 8.96. The van der Waals surface area contributed by atoms with Gasteiger partial charge in [-0.05, 0) is 180 Å². The van der Waals surface area contributed by atoms with Crippen molar-refractivity contribution in [3.05, 3.63) is 255 Å². The van der Waals surface area contributed by atoms with E-state index in [1.165, 1.54) is 131 Å². The van der Waals surface area contributed by atoms with Gasteiger partial charge in [0.25, 0.3) is 0 Å². The molecule has 0 saturated carbocycles. The van der Waals surface area contributed by atoms with Crippen LogP contribution >= 0.6 is 0 Å². The van der Waals surface area contributed by atoms with E-state index >= 15 is 0 Å². The predicted molar refractivity (Wildman–Crippen MR) is 284 cm³/mol. The number of rotatable bonds is 6.